The Labute approximate surface area is 174 Å². The number of rotatable bonds is 3. The molecule has 1 saturated heterocycles. The zero-order chi connectivity index (χ0) is 20.1. The lowest BCUT2D eigenvalue weighted by Crippen LogP contribution is -2.47. The lowest BCUT2D eigenvalue weighted by Gasteiger charge is -2.33. The van der Waals surface area contributed by atoms with Crippen molar-refractivity contribution in [3.05, 3.63) is 72.1 Å². The molecule has 0 unspecified atom stereocenters. The normalized spacial score (nSPS) is 17.8. The third kappa shape index (κ3) is 4.06. The van der Waals surface area contributed by atoms with Gasteiger partial charge in [0.15, 0.2) is 5.82 Å². The van der Waals surface area contributed by atoms with Crippen LogP contribution in [0.25, 0.3) is 0 Å². The van der Waals surface area contributed by atoms with Gasteiger partial charge in [-0.1, -0.05) is 48.6 Å². The Morgan fingerprint density at radius 2 is 1.72 bits per heavy atom. The first kappa shape index (κ1) is 18.9. The van der Waals surface area contributed by atoms with Crippen LogP contribution >= 0.6 is 12.2 Å². The van der Waals surface area contributed by atoms with Crippen LogP contribution in [0.5, 0.6) is 0 Å². The van der Waals surface area contributed by atoms with Crippen LogP contribution in [0.4, 0.5) is 11.4 Å². The number of thiocarbonyl (C=S) groups is 1. The standard InChI is InChI=1S/C21H20N6OS/c22-15-18(20(29)23-16-7-3-1-4-8-16)19-24-25-21(26-11-13-28-14-12-26)27(19)17-9-5-2-6-10-17/h1-10,24H,11-14H2,(H,23,29)/b19-18+. The summed E-state index contributed by atoms with van der Waals surface area (Å²) < 4.78 is 5.47. The highest BCUT2D eigenvalue weighted by Crippen LogP contribution is 2.26. The monoisotopic (exact) mass is 404 g/mol. The molecule has 0 amide bonds. The summed E-state index contributed by atoms with van der Waals surface area (Å²) in [5, 5.41) is 17.6. The van der Waals surface area contributed by atoms with Crippen molar-refractivity contribution in [2.45, 2.75) is 0 Å². The number of para-hydroxylation sites is 2. The van der Waals surface area contributed by atoms with Crippen molar-refractivity contribution in [1.82, 2.24) is 10.3 Å². The largest absolute Gasteiger partial charge is 0.378 e. The molecule has 2 aliphatic heterocycles. The summed E-state index contributed by atoms with van der Waals surface area (Å²) in [5.41, 5.74) is 5.07. The van der Waals surface area contributed by atoms with Gasteiger partial charge in [0, 0.05) is 18.8 Å². The third-order valence-corrected chi connectivity index (χ3v) is 4.91. The second-order valence-corrected chi connectivity index (χ2v) is 6.86. The van der Waals surface area contributed by atoms with Crippen molar-refractivity contribution in [1.29, 1.82) is 5.26 Å². The van der Waals surface area contributed by atoms with Crippen LogP contribution in [-0.2, 0) is 4.74 Å². The van der Waals surface area contributed by atoms with Gasteiger partial charge in [-0.05, 0) is 24.3 Å². The molecule has 146 valence electrons. The van der Waals surface area contributed by atoms with Crippen LogP contribution in [-0.4, -0.2) is 42.2 Å². The van der Waals surface area contributed by atoms with E-state index >= 15 is 0 Å². The molecule has 1 fully saturated rings. The number of hydrogen-bond acceptors (Lipinski definition) is 7. The van der Waals surface area contributed by atoms with E-state index in [0.717, 1.165) is 30.4 Å². The number of anilines is 2. The average molecular weight is 404 g/mol. The van der Waals surface area contributed by atoms with E-state index in [1.54, 1.807) is 0 Å². The summed E-state index contributed by atoms with van der Waals surface area (Å²) in [6.45, 7) is 2.73. The van der Waals surface area contributed by atoms with Gasteiger partial charge in [0.05, 0.1) is 18.9 Å². The quantitative estimate of drug-likeness (QED) is 0.463. The number of morpholine rings is 1. The first-order valence-electron chi connectivity index (χ1n) is 9.30. The molecule has 2 aromatic carbocycles. The van der Waals surface area contributed by atoms with E-state index in [1.165, 1.54) is 0 Å². The molecule has 2 aromatic rings. The highest BCUT2D eigenvalue weighted by Gasteiger charge is 2.32. The molecule has 8 heteroatoms. The van der Waals surface area contributed by atoms with Crippen molar-refractivity contribution < 1.29 is 4.74 Å². The van der Waals surface area contributed by atoms with Crippen LogP contribution in [0.2, 0.25) is 0 Å². The van der Waals surface area contributed by atoms with Gasteiger partial charge < -0.3 is 15.0 Å². The summed E-state index contributed by atoms with van der Waals surface area (Å²) in [6.07, 6.45) is 0. The molecule has 0 spiro atoms. The zero-order valence-electron chi connectivity index (χ0n) is 15.7. The van der Waals surface area contributed by atoms with E-state index in [4.69, 9.17) is 17.0 Å². The van der Waals surface area contributed by atoms with Crippen LogP contribution in [0.3, 0.4) is 0 Å². The number of nitrogens with zero attached hydrogens (tertiary/aromatic N) is 4. The van der Waals surface area contributed by atoms with E-state index < -0.39 is 0 Å². The molecule has 4 rings (SSSR count). The summed E-state index contributed by atoms with van der Waals surface area (Å²) in [6, 6.07) is 21.6. The fourth-order valence-corrected chi connectivity index (χ4v) is 3.45. The molecule has 2 heterocycles. The molecule has 2 aliphatic rings. The highest BCUT2D eigenvalue weighted by atomic mass is 32.1. The molecule has 0 atom stereocenters. The minimum Gasteiger partial charge on any atom is -0.378 e. The van der Waals surface area contributed by atoms with Gasteiger partial charge in [-0.2, -0.15) is 5.26 Å². The fourth-order valence-electron chi connectivity index (χ4n) is 3.19. The zero-order valence-corrected chi connectivity index (χ0v) is 16.5. The number of benzene rings is 2. The van der Waals surface area contributed by atoms with Crippen LogP contribution in [0, 0.1) is 11.3 Å². The molecule has 7 nitrogen and oxygen atoms in total. The van der Waals surface area contributed by atoms with Crippen molar-refractivity contribution in [3.63, 3.8) is 0 Å². The maximum absolute atomic E-state index is 9.91. The Morgan fingerprint density at radius 1 is 1.07 bits per heavy atom. The average Bonchev–Trinajstić information content (AvgIpc) is 3.21. The predicted octanol–water partition coefficient (Wildman–Crippen LogP) is 2.87. The topological polar surface area (TPSA) is 75.9 Å². The molecular formula is C21H20N6OS. The van der Waals surface area contributed by atoms with Gasteiger partial charge in [0.2, 0.25) is 5.96 Å². The van der Waals surface area contributed by atoms with Crippen molar-refractivity contribution in [2.24, 2.45) is 5.10 Å². The van der Waals surface area contributed by atoms with Gasteiger partial charge in [0.1, 0.15) is 16.6 Å². The van der Waals surface area contributed by atoms with Crippen LogP contribution in [0.15, 0.2) is 77.2 Å². The molecule has 0 radical (unpaired) electrons. The Morgan fingerprint density at radius 3 is 2.38 bits per heavy atom. The van der Waals surface area contributed by atoms with Gasteiger partial charge in [-0.15, -0.1) is 5.10 Å². The van der Waals surface area contributed by atoms with E-state index in [9.17, 15) is 5.26 Å². The number of guanidine groups is 1. The number of hydrazone groups is 1. The lowest BCUT2D eigenvalue weighted by atomic mass is 10.2. The minimum atomic E-state index is 0.319. The second kappa shape index (κ2) is 8.73. The summed E-state index contributed by atoms with van der Waals surface area (Å²) in [5.74, 6) is 1.26. The van der Waals surface area contributed by atoms with E-state index in [0.29, 0.717) is 29.6 Å². The maximum Gasteiger partial charge on any atom is 0.229 e. The Balaban J connectivity index is 1.70. The summed E-state index contributed by atoms with van der Waals surface area (Å²) in [4.78, 5) is 4.41. The SMILES string of the molecule is N#C/C(C(=S)Nc1ccccc1)=C1/NN=C(N2CCOCC2)N1c1ccccc1. The van der Waals surface area contributed by atoms with Gasteiger partial charge in [-0.25, -0.2) is 0 Å². The van der Waals surface area contributed by atoms with Crippen molar-refractivity contribution in [2.75, 3.05) is 36.5 Å². The summed E-state index contributed by atoms with van der Waals surface area (Å²) in [7, 11) is 0. The van der Waals surface area contributed by atoms with E-state index in [-0.39, 0.29) is 0 Å². The van der Waals surface area contributed by atoms with Gasteiger partial charge >= 0.3 is 0 Å². The lowest BCUT2D eigenvalue weighted by molar-refractivity contribution is 0.0676. The number of hydrogen-bond donors (Lipinski definition) is 2. The molecule has 0 aromatic heterocycles. The molecule has 0 bridgehead atoms. The molecule has 29 heavy (non-hydrogen) atoms. The predicted molar refractivity (Wildman–Crippen MR) is 117 cm³/mol. The summed E-state index contributed by atoms with van der Waals surface area (Å²) >= 11 is 5.55. The Bertz CT molecular complexity index is 977. The first-order chi connectivity index (χ1) is 14.3. The minimum absolute atomic E-state index is 0.319. The Hall–Kier alpha value is -3.41. The Kier molecular flexibility index (Phi) is 5.70. The van der Waals surface area contributed by atoms with E-state index in [2.05, 4.69) is 26.8 Å². The van der Waals surface area contributed by atoms with Crippen molar-refractivity contribution >= 4 is 34.5 Å². The fraction of sp³-hybridized carbons (Fsp3) is 0.190. The number of ether oxygens (including phenoxy) is 1. The maximum atomic E-state index is 9.91. The highest BCUT2D eigenvalue weighted by molar-refractivity contribution is 7.81. The first-order valence-corrected chi connectivity index (χ1v) is 9.71. The molecular weight excluding hydrogens is 384 g/mol. The number of nitriles is 1. The molecule has 0 saturated carbocycles. The second-order valence-electron chi connectivity index (χ2n) is 6.45. The van der Waals surface area contributed by atoms with Gasteiger partial charge in [-0.3, -0.25) is 10.3 Å². The van der Waals surface area contributed by atoms with E-state index in [1.807, 2.05) is 65.6 Å². The van der Waals surface area contributed by atoms with Crippen LogP contribution < -0.4 is 15.6 Å². The van der Waals surface area contributed by atoms with Crippen molar-refractivity contribution in [3.8, 4) is 6.07 Å². The van der Waals surface area contributed by atoms with Gasteiger partial charge in [0.25, 0.3) is 0 Å². The molecule has 2 N–H and O–H groups in total. The number of nitrogens with one attached hydrogen (secondary N) is 2. The third-order valence-electron chi connectivity index (χ3n) is 4.60. The smallest absolute Gasteiger partial charge is 0.229 e. The molecule has 0 aliphatic carbocycles. The van der Waals surface area contributed by atoms with Crippen LogP contribution in [0.1, 0.15) is 0 Å².